The van der Waals surface area contributed by atoms with Gasteiger partial charge in [-0.2, -0.15) is 12.6 Å². The predicted octanol–water partition coefficient (Wildman–Crippen LogP) is -0.585. The van der Waals surface area contributed by atoms with Crippen molar-refractivity contribution < 1.29 is 9.90 Å². The summed E-state index contributed by atoms with van der Waals surface area (Å²) in [5.41, 5.74) is 0. The Bertz CT molecular complexity index is 87.0. The van der Waals surface area contributed by atoms with Crippen LogP contribution in [-0.4, -0.2) is 29.9 Å². The zero-order valence-electron chi connectivity index (χ0n) is 5.13. The fourth-order valence-electron chi connectivity index (χ4n) is 0.385. The van der Waals surface area contributed by atoms with E-state index in [4.69, 9.17) is 5.11 Å². The highest BCUT2D eigenvalue weighted by atomic mass is 32.1. The maximum atomic E-state index is 10.5. The van der Waals surface area contributed by atoms with Gasteiger partial charge in [-0.05, 0) is 0 Å². The topological polar surface area (TPSA) is 49.3 Å². The number of thiol groups is 1. The van der Waals surface area contributed by atoms with Gasteiger partial charge in [0.25, 0.3) is 0 Å². The summed E-state index contributed by atoms with van der Waals surface area (Å²) in [4.78, 5) is 10.5. The number of aliphatic hydroxyl groups excluding tert-OH is 1. The summed E-state index contributed by atoms with van der Waals surface area (Å²) in [5.74, 6) is 0.517. The van der Waals surface area contributed by atoms with Crippen molar-refractivity contribution in [1.29, 1.82) is 0 Å². The van der Waals surface area contributed by atoms with E-state index >= 15 is 0 Å². The fourth-order valence-corrected chi connectivity index (χ4v) is 0.497. The molecule has 0 aromatic heterocycles. The molecule has 0 spiro atoms. The zero-order chi connectivity index (χ0) is 7.11. The van der Waals surface area contributed by atoms with Gasteiger partial charge in [0, 0.05) is 18.7 Å². The molecule has 9 heavy (non-hydrogen) atoms. The van der Waals surface area contributed by atoms with Crippen molar-refractivity contribution in [2.45, 2.75) is 6.42 Å². The Balaban J connectivity index is 3.06. The second-order valence-electron chi connectivity index (χ2n) is 1.55. The van der Waals surface area contributed by atoms with Gasteiger partial charge >= 0.3 is 0 Å². The van der Waals surface area contributed by atoms with E-state index in [0.717, 1.165) is 0 Å². The minimum Gasteiger partial charge on any atom is -0.396 e. The average molecular weight is 149 g/mol. The van der Waals surface area contributed by atoms with Crippen LogP contribution in [0.15, 0.2) is 0 Å². The smallest absolute Gasteiger partial charge is 0.222 e. The molecule has 0 aliphatic rings. The van der Waals surface area contributed by atoms with Crippen LogP contribution in [0.1, 0.15) is 6.42 Å². The van der Waals surface area contributed by atoms with Crippen LogP contribution in [0.25, 0.3) is 0 Å². The summed E-state index contributed by atoms with van der Waals surface area (Å²) in [6.07, 6.45) is 0.188. The number of carbonyl (C=O) groups is 1. The third kappa shape index (κ3) is 5.65. The first-order chi connectivity index (χ1) is 4.31. The van der Waals surface area contributed by atoms with Gasteiger partial charge in [-0.1, -0.05) is 0 Å². The van der Waals surface area contributed by atoms with Crippen LogP contribution >= 0.6 is 12.6 Å². The first-order valence-electron chi connectivity index (χ1n) is 2.79. The van der Waals surface area contributed by atoms with Gasteiger partial charge in [0.05, 0.1) is 6.61 Å². The van der Waals surface area contributed by atoms with E-state index in [1.54, 1.807) is 0 Å². The van der Waals surface area contributed by atoms with Crippen LogP contribution in [0.4, 0.5) is 0 Å². The summed E-state index contributed by atoms with van der Waals surface area (Å²) in [6, 6.07) is 0. The third-order valence-electron chi connectivity index (χ3n) is 0.773. The summed E-state index contributed by atoms with van der Waals surface area (Å²) in [7, 11) is 0. The van der Waals surface area contributed by atoms with Crippen LogP contribution in [0, 0.1) is 0 Å². The van der Waals surface area contributed by atoms with Gasteiger partial charge in [0.1, 0.15) is 0 Å². The highest BCUT2D eigenvalue weighted by Gasteiger charge is 1.95. The van der Waals surface area contributed by atoms with Gasteiger partial charge in [-0.3, -0.25) is 4.79 Å². The maximum absolute atomic E-state index is 10.5. The molecule has 0 heterocycles. The lowest BCUT2D eigenvalue weighted by molar-refractivity contribution is -0.121. The largest absolute Gasteiger partial charge is 0.396 e. The van der Waals surface area contributed by atoms with E-state index in [9.17, 15) is 4.79 Å². The molecule has 0 aromatic carbocycles. The molecule has 0 saturated carbocycles. The molecule has 3 nitrogen and oxygen atoms in total. The Hall–Kier alpha value is -0.220. The standard InChI is InChI=1S/C5H11NO2S/c7-3-1-5(8)6-2-4-9/h7,9H,1-4H2,(H,6,8). The van der Waals surface area contributed by atoms with Gasteiger partial charge < -0.3 is 10.4 Å². The fraction of sp³-hybridized carbons (Fsp3) is 0.800. The number of rotatable bonds is 4. The Kier molecular flexibility index (Phi) is 5.76. The summed E-state index contributed by atoms with van der Waals surface area (Å²) in [6.45, 7) is 0.486. The molecule has 0 saturated heterocycles. The van der Waals surface area contributed by atoms with Gasteiger partial charge in [0.15, 0.2) is 0 Å². The molecule has 0 fully saturated rings. The second kappa shape index (κ2) is 5.91. The first kappa shape index (κ1) is 8.78. The molecule has 0 aliphatic carbocycles. The Morgan fingerprint density at radius 1 is 1.67 bits per heavy atom. The molecule has 4 heteroatoms. The third-order valence-corrected chi connectivity index (χ3v) is 0.996. The van der Waals surface area contributed by atoms with E-state index in [-0.39, 0.29) is 18.9 Å². The molecule has 0 rings (SSSR count). The number of aliphatic hydroxyl groups is 1. The number of carbonyl (C=O) groups excluding carboxylic acids is 1. The van der Waals surface area contributed by atoms with Crippen molar-refractivity contribution in [1.82, 2.24) is 5.32 Å². The van der Waals surface area contributed by atoms with Crippen molar-refractivity contribution in [3.8, 4) is 0 Å². The monoisotopic (exact) mass is 149 g/mol. The molecule has 0 atom stereocenters. The van der Waals surface area contributed by atoms with Crippen LogP contribution in [-0.2, 0) is 4.79 Å². The molecule has 54 valence electrons. The van der Waals surface area contributed by atoms with Crippen molar-refractivity contribution in [2.75, 3.05) is 18.9 Å². The van der Waals surface area contributed by atoms with Crippen LogP contribution in [0.5, 0.6) is 0 Å². The number of hydrogen-bond acceptors (Lipinski definition) is 3. The van der Waals surface area contributed by atoms with Gasteiger partial charge in [-0.15, -0.1) is 0 Å². The van der Waals surface area contributed by atoms with Gasteiger partial charge in [-0.25, -0.2) is 0 Å². The molecular weight excluding hydrogens is 138 g/mol. The number of amides is 1. The van der Waals surface area contributed by atoms with E-state index in [1.807, 2.05) is 0 Å². The van der Waals surface area contributed by atoms with Crippen molar-refractivity contribution in [3.05, 3.63) is 0 Å². The van der Waals surface area contributed by atoms with Crippen LogP contribution < -0.4 is 5.32 Å². The number of nitrogens with one attached hydrogen (secondary N) is 1. The molecule has 0 aromatic rings. The maximum Gasteiger partial charge on any atom is 0.222 e. The summed E-state index contributed by atoms with van der Waals surface area (Å²) >= 11 is 3.89. The van der Waals surface area contributed by atoms with Crippen LogP contribution in [0.3, 0.4) is 0 Å². The minimum absolute atomic E-state index is 0.0849. The molecule has 0 unspecified atom stereocenters. The number of hydrogen-bond donors (Lipinski definition) is 3. The summed E-state index contributed by atoms with van der Waals surface area (Å²) in [5, 5.41) is 10.8. The Labute approximate surface area is 59.9 Å². The zero-order valence-corrected chi connectivity index (χ0v) is 6.03. The Morgan fingerprint density at radius 3 is 2.78 bits per heavy atom. The lowest BCUT2D eigenvalue weighted by Crippen LogP contribution is -2.25. The first-order valence-corrected chi connectivity index (χ1v) is 3.43. The Morgan fingerprint density at radius 2 is 2.33 bits per heavy atom. The van der Waals surface area contributed by atoms with E-state index in [0.29, 0.717) is 12.3 Å². The van der Waals surface area contributed by atoms with Gasteiger partial charge in [0.2, 0.25) is 5.91 Å². The molecular formula is C5H11NO2S. The van der Waals surface area contributed by atoms with E-state index in [1.165, 1.54) is 0 Å². The predicted molar refractivity (Wildman–Crippen MR) is 38.6 cm³/mol. The minimum atomic E-state index is -0.119. The lowest BCUT2D eigenvalue weighted by atomic mass is 10.4. The highest BCUT2D eigenvalue weighted by molar-refractivity contribution is 7.80. The highest BCUT2D eigenvalue weighted by Crippen LogP contribution is 1.76. The average Bonchev–Trinajstić information content (AvgIpc) is 1.85. The molecule has 0 bridgehead atoms. The molecule has 0 radical (unpaired) electrons. The second-order valence-corrected chi connectivity index (χ2v) is 1.99. The molecule has 0 aliphatic heterocycles. The molecule has 2 N–H and O–H groups in total. The van der Waals surface area contributed by atoms with Crippen molar-refractivity contribution in [3.63, 3.8) is 0 Å². The SMILES string of the molecule is O=C(CCO)NCCS. The quantitative estimate of drug-likeness (QED) is 0.468. The normalized spacial score (nSPS) is 9.11. The van der Waals surface area contributed by atoms with Crippen molar-refractivity contribution in [2.24, 2.45) is 0 Å². The molecule has 1 amide bonds. The van der Waals surface area contributed by atoms with Crippen molar-refractivity contribution >= 4 is 18.5 Å². The van der Waals surface area contributed by atoms with E-state index < -0.39 is 0 Å². The van der Waals surface area contributed by atoms with E-state index in [2.05, 4.69) is 17.9 Å². The van der Waals surface area contributed by atoms with Crippen LogP contribution in [0.2, 0.25) is 0 Å². The summed E-state index contributed by atoms with van der Waals surface area (Å²) < 4.78 is 0. The lowest BCUT2D eigenvalue weighted by Gasteiger charge is -1.98.